The molecule has 0 saturated carbocycles. The summed E-state index contributed by atoms with van der Waals surface area (Å²) in [6.07, 6.45) is 2.90. The van der Waals surface area contributed by atoms with Crippen molar-refractivity contribution in [1.29, 1.82) is 0 Å². The van der Waals surface area contributed by atoms with Crippen molar-refractivity contribution in [3.05, 3.63) is 47.2 Å². The molecule has 0 unspecified atom stereocenters. The molecular weight excluding hydrogens is 292 g/mol. The second-order valence-electron chi connectivity index (χ2n) is 4.49. The summed E-state index contributed by atoms with van der Waals surface area (Å²) in [4.78, 5) is 15.5. The Bertz CT molecular complexity index is 844. The van der Waals surface area contributed by atoms with Gasteiger partial charge in [0.1, 0.15) is 5.56 Å². The van der Waals surface area contributed by atoms with Crippen LogP contribution in [0.3, 0.4) is 0 Å². The summed E-state index contributed by atoms with van der Waals surface area (Å²) in [6, 6.07) is 7.06. The van der Waals surface area contributed by atoms with Gasteiger partial charge < -0.3 is 10.4 Å². The van der Waals surface area contributed by atoms with Gasteiger partial charge in [-0.1, -0.05) is 17.7 Å². The van der Waals surface area contributed by atoms with Crippen LogP contribution < -0.4 is 5.32 Å². The number of carboxylic acid groups (broad SMARTS) is 1. The molecule has 0 fully saturated rings. The quantitative estimate of drug-likeness (QED) is 0.777. The summed E-state index contributed by atoms with van der Waals surface area (Å²) in [5.41, 5.74) is 1.82. The molecule has 2 N–H and O–H groups in total. The number of benzene rings is 1. The third kappa shape index (κ3) is 2.41. The van der Waals surface area contributed by atoms with Gasteiger partial charge in [-0.3, -0.25) is 4.68 Å². The van der Waals surface area contributed by atoms with Crippen LogP contribution in [-0.2, 0) is 7.05 Å². The third-order valence-corrected chi connectivity index (χ3v) is 3.32. The standard InChI is InChI=1S/C14H11ClN4O2/c1-19-13-10(7-17-19)12(11(6-16-13)14(20)21)18-9-4-2-3-8(15)5-9/h2-7H,1H3,(H,16,18)(H,20,21). The number of nitrogens with one attached hydrogen (secondary N) is 1. The van der Waals surface area contributed by atoms with Crippen LogP contribution >= 0.6 is 11.6 Å². The fourth-order valence-electron chi connectivity index (χ4n) is 2.10. The van der Waals surface area contributed by atoms with E-state index in [4.69, 9.17) is 11.6 Å². The minimum Gasteiger partial charge on any atom is -0.478 e. The van der Waals surface area contributed by atoms with Crippen molar-refractivity contribution in [2.45, 2.75) is 0 Å². The predicted molar refractivity (Wildman–Crippen MR) is 80.2 cm³/mol. The number of hydrogen-bond acceptors (Lipinski definition) is 4. The maximum Gasteiger partial charge on any atom is 0.339 e. The molecule has 3 aromatic rings. The Morgan fingerprint density at radius 1 is 1.38 bits per heavy atom. The van der Waals surface area contributed by atoms with E-state index in [2.05, 4.69) is 15.4 Å². The molecule has 2 aromatic heterocycles. The lowest BCUT2D eigenvalue weighted by atomic mass is 10.1. The molecule has 1 aromatic carbocycles. The van der Waals surface area contributed by atoms with E-state index < -0.39 is 5.97 Å². The van der Waals surface area contributed by atoms with Crippen molar-refractivity contribution in [3.8, 4) is 0 Å². The normalized spacial score (nSPS) is 10.8. The highest BCUT2D eigenvalue weighted by molar-refractivity contribution is 6.30. The molecule has 21 heavy (non-hydrogen) atoms. The number of hydrogen-bond donors (Lipinski definition) is 2. The summed E-state index contributed by atoms with van der Waals surface area (Å²) in [6.45, 7) is 0. The molecule has 0 spiro atoms. The van der Waals surface area contributed by atoms with Crippen LogP contribution in [0.15, 0.2) is 36.7 Å². The highest BCUT2D eigenvalue weighted by atomic mass is 35.5. The number of nitrogens with zero attached hydrogens (tertiary/aromatic N) is 3. The van der Waals surface area contributed by atoms with Crippen molar-refractivity contribution in [1.82, 2.24) is 14.8 Å². The van der Waals surface area contributed by atoms with Gasteiger partial charge in [-0.2, -0.15) is 5.10 Å². The molecule has 3 rings (SSSR count). The number of pyridine rings is 1. The van der Waals surface area contributed by atoms with Crippen molar-refractivity contribution < 1.29 is 9.90 Å². The minimum absolute atomic E-state index is 0.0791. The minimum atomic E-state index is -1.06. The van der Waals surface area contributed by atoms with E-state index in [-0.39, 0.29) is 5.56 Å². The van der Waals surface area contributed by atoms with Gasteiger partial charge in [0.25, 0.3) is 0 Å². The smallest absolute Gasteiger partial charge is 0.339 e. The van der Waals surface area contributed by atoms with E-state index >= 15 is 0 Å². The fraction of sp³-hybridized carbons (Fsp3) is 0.0714. The topological polar surface area (TPSA) is 80.0 Å². The molecule has 0 aliphatic rings. The second-order valence-corrected chi connectivity index (χ2v) is 4.93. The van der Waals surface area contributed by atoms with Gasteiger partial charge in [-0.25, -0.2) is 9.78 Å². The first-order chi connectivity index (χ1) is 10.1. The van der Waals surface area contributed by atoms with Gasteiger partial charge in [0.05, 0.1) is 17.3 Å². The Morgan fingerprint density at radius 2 is 2.19 bits per heavy atom. The Hall–Kier alpha value is -2.60. The number of anilines is 2. The molecule has 106 valence electrons. The Balaban J connectivity index is 2.18. The van der Waals surface area contributed by atoms with Crippen LogP contribution in [0.1, 0.15) is 10.4 Å². The summed E-state index contributed by atoms with van der Waals surface area (Å²) < 4.78 is 1.59. The van der Waals surface area contributed by atoms with Crippen molar-refractivity contribution in [2.75, 3.05) is 5.32 Å². The molecule has 0 amide bonds. The van der Waals surface area contributed by atoms with E-state index in [1.165, 1.54) is 6.20 Å². The predicted octanol–water partition coefficient (Wildman–Crippen LogP) is 3.06. The van der Waals surface area contributed by atoms with Gasteiger partial charge in [0.2, 0.25) is 0 Å². The molecular formula is C14H11ClN4O2. The van der Waals surface area contributed by atoms with Crippen LogP contribution in [-0.4, -0.2) is 25.8 Å². The SMILES string of the molecule is Cn1ncc2c(Nc3cccc(Cl)c3)c(C(=O)O)cnc21. The highest BCUT2D eigenvalue weighted by Gasteiger charge is 2.17. The van der Waals surface area contributed by atoms with Gasteiger partial charge in [0.15, 0.2) is 5.65 Å². The van der Waals surface area contributed by atoms with Crippen molar-refractivity contribution in [3.63, 3.8) is 0 Å². The monoisotopic (exact) mass is 302 g/mol. The van der Waals surface area contributed by atoms with Gasteiger partial charge in [0, 0.05) is 24.0 Å². The van der Waals surface area contributed by atoms with Crippen LogP contribution in [0, 0.1) is 0 Å². The van der Waals surface area contributed by atoms with Gasteiger partial charge in [-0.05, 0) is 18.2 Å². The fourth-order valence-corrected chi connectivity index (χ4v) is 2.29. The maximum atomic E-state index is 11.4. The van der Waals surface area contributed by atoms with Gasteiger partial charge in [-0.15, -0.1) is 0 Å². The zero-order chi connectivity index (χ0) is 15.0. The average Bonchev–Trinajstić information content (AvgIpc) is 2.81. The summed E-state index contributed by atoms with van der Waals surface area (Å²) in [5.74, 6) is -1.06. The highest BCUT2D eigenvalue weighted by Crippen LogP contribution is 2.29. The number of carboxylic acids is 1. The van der Waals surface area contributed by atoms with Crippen LogP contribution in [0.4, 0.5) is 11.4 Å². The lowest BCUT2D eigenvalue weighted by molar-refractivity contribution is 0.0697. The number of rotatable bonds is 3. The molecule has 0 saturated heterocycles. The summed E-state index contributed by atoms with van der Waals surface area (Å²) in [7, 11) is 1.75. The third-order valence-electron chi connectivity index (χ3n) is 3.09. The molecule has 0 radical (unpaired) electrons. The summed E-state index contributed by atoms with van der Waals surface area (Å²) in [5, 5.41) is 17.7. The zero-order valence-corrected chi connectivity index (χ0v) is 11.8. The Morgan fingerprint density at radius 3 is 2.90 bits per heavy atom. The number of carbonyl (C=O) groups is 1. The second kappa shape index (κ2) is 5.06. The number of aromatic nitrogens is 3. The van der Waals surface area contributed by atoms with E-state index in [9.17, 15) is 9.90 Å². The largest absolute Gasteiger partial charge is 0.478 e. The number of aromatic carboxylic acids is 1. The van der Waals surface area contributed by atoms with Crippen molar-refractivity contribution in [2.24, 2.45) is 7.05 Å². The van der Waals surface area contributed by atoms with Crippen molar-refractivity contribution >= 4 is 40.0 Å². The first-order valence-electron chi connectivity index (χ1n) is 6.13. The lowest BCUT2D eigenvalue weighted by Crippen LogP contribution is -2.05. The van der Waals surface area contributed by atoms with E-state index in [0.29, 0.717) is 27.4 Å². The van der Waals surface area contributed by atoms with E-state index in [1.807, 2.05) is 0 Å². The maximum absolute atomic E-state index is 11.4. The summed E-state index contributed by atoms with van der Waals surface area (Å²) >= 11 is 5.95. The molecule has 0 aliphatic heterocycles. The number of fused-ring (bicyclic) bond motifs is 1. The molecule has 7 heteroatoms. The van der Waals surface area contributed by atoms with Crippen LogP contribution in [0.25, 0.3) is 11.0 Å². The molecule has 2 heterocycles. The van der Waals surface area contributed by atoms with Crippen LogP contribution in [0.2, 0.25) is 5.02 Å². The van der Waals surface area contributed by atoms with E-state index in [1.54, 1.807) is 42.2 Å². The number of halogens is 1. The van der Waals surface area contributed by atoms with E-state index in [0.717, 1.165) is 0 Å². The molecule has 0 atom stereocenters. The Labute approximate surface area is 125 Å². The average molecular weight is 303 g/mol. The lowest BCUT2D eigenvalue weighted by Gasteiger charge is -2.11. The molecule has 0 bridgehead atoms. The van der Waals surface area contributed by atoms with Gasteiger partial charge >= 0.3 is 5.97 Å². The first kappa shape index (κ1) is 13.4. The van der Waals surface area contributed by atoms with Crippen LogP contribution in [0.5, 0.6) is 0 Å². The molecule has 0 aliphatic carbocycles. The Kier molecular flexibility index (Phi) is 3.23. The first-order valence-corrected chi connectivity index (χ1v) is 6.50. The molecule has 6 nitrogen and oxygen atoms in total. The number of aryl methyl sites for hydroxylation is 1. The zero-order valence-electron chi connectivity index (χ0n) is 11.0.